The van der Waals surface area contributed by atoms with Gasteiger partial charge < -0.3 is 20.7 Å². The minimum Gasteiger partial charge on any atom is -0.439 e. The zero-order chi connectivity index (χ0) is 14.8. The lowest BCUT2D eigenvalue weighted by molar-refractivity contribution is 0.262. The van der Waals surface area contributed by atoms with E-state index in [2.05, 4.69) is 22.5 Å². The molecule has 5 nitrogen and oxygen atoms in total. The third kappa shape index (κ3) is 2.97. The summed E-state index contributed by atoms with van der Waals surface area (Å²) in [4.78, 5) is 11.9. The van der Waals surface area contributed by atoms with E-state index in [-0.39, 0.29) is 6.03 Å². The number of benzene rings is 2. The fraction of sp³-hybridized carbons (Fsp3) is 0.0625. The van der Waals surface area contributed by atoms with E-state index >= 15 is 0 Å². The molecule has 2 aromatic rings. The fourth-order valence-electron chi connectivity index (χ4n) is 2.03. The summed E-state index contributed by atoms with van der Waals surface area (Å²) in [5.41, 5.74) is 3.37. The molecular weight excluding hydrogens is 266 g/mol. The maximum absolute atomic E-state index is 11.9. The largest absolute Gasteiger partial charge is 0.439 e. The molecule has 0 spiro atoms. The molecule has 0 bridgehead atoms. The van der Waals surface area contributed by atoms with Gasteiger partial charge in [-0.2, -0.15) is 0 Å². The number of ether oxygens (including phenoxy) is 1. The van der Waals surface area contributed by atoms with Crippen LogP contribution < -0.4 is 20.7 Å². The molecule has 21 heavy (non-hydrogen) atoms. The molecule has 1 aliphatic heterocycles. The van der Waals surface area contributed by atoms with Gasteiger partial charge in [0.25, 0.3) is 0 Å². The van der Waals surface area contributed by atoms with Crippen LogP contribution in [0.25, 0.3) is 0 Å². The summed E-state index contributed by atoms with van der Waals surface area (Å²) in [7, 11) is 0. The molecule has 1 heterocycles. The van der Waals surface area contributed by atoms with E-state index in [0.717, 1.165) is 16.9 Å². The van der Waals surface area contributed by atoms with Crippen LogP contribution >= 0.6 is 0 Å². The minimum absolute atomic E-state index is 0.302. The number of aryl methyl sites for hydroxylation is 1. The lowest BCUT2D eigenvalue weighted by Gasteiger charge is -2.08. The molecule has 0 atom stereocenters. The zero-order valence-corrected chi connectivity index (χ0v) is 11.6. The summed E-state index contributed by atoms with van der Waals surface area (Å²) in [5.74, 6) is 1.12. The van der Waals surface area contributed by atoms with E-state index < -0.39 is 0 Å². The highest BCUT2D eigenvalue weighted by Crippen LogP contribution is 2.35. The predicted octanol–water partition coefficient (Wildman–Crippen LogP) is 3.91. The van der Waals surface area contributed by atoms with Gasteiger partial charge in [0.1, 0.15) is 0 Å². The normalized spacial score (nSPS) is 12.1. The van der Waals surface area contributed by atoms with Crippen LogP contribution in [0.15, 0.2) is 54.9 Å². The zero-order valence-electron chi connectivity index (χ0n) is 11.6. The number of nitrogens with one attached hydrogen (secondary N) is 3. The molecule has 0 saturated carbocycles. The van der Waals surface area contributed by atoms with Gasteiger partial charge in [-0.15, -0.1) is 0 Å². The number of carbonyl (C=O) groups is 1. The molecule has 0 aliphatic carbocycles. The Labute approximate surface area is 122 Å². The van der Waals surface area contributed by atoms with Crippen molar-refractivity contribution in [2.75, 3.05) is 16.0 Å². The van der Waals surface area contributed by atoms with Crippen molar-refractivity contribution in [3.8, 4) is 5.75 Å². The number of anilines is 3. The molecule has 0 aromatic heterocycles. The summed E-state index contributed by atoms with van der Waals surface area (Å²) in [6.45, 7) is 5.69. The molecule has 2 aromatic carbocycles. The first kappa shape index (κ1) is 13.1. The smallest absolute Gasteiger partial charge is 0.323 e. The Balaban J connectivity index is 1.66. The Morgan fingerprint density at radius 2 is 1.76 bits per heavy atom. The molecule has 2 amide bonds. The van der Waals surface area contributed by atoms with E-state index in [4.69, 9.17) is 4.74 Å². The fourth-order valence-corrected chi connectivity index (χ4v) is 2.03. The number of carbonyl (C=O) groups excluding carboxylic acids is 1. The Morgan fingerprint density at radius 3 is 2.52 bits per heavy atom. The average Bonchev–Trinajstić information content (AvgIpc) is 2.80. The lowest BCUT2D eigenvalue weighted by Crippen LogP contribution is -2.19. The molecule has 0 saturated heterocycles. The maximum Gasteiger partial charge on any atom is 0.323 e. The molecule has 0 radical (unpaired) electrons. The SMILES string of the molecule is C=C1Nc2ccc(NC(=O)Nc3ccc(C)cc3)cc2O1. The van der Waals surface area contributed by atoms with E-state index in [1.54, 1.807) is 12.1 Å². The van der Waals surface area contributed by atoms with Crippen LogP contribution in [0, 0.1) is 6.92 Å². The average molecular weight is 281 g/mol. The summed E-state index contributed by atoms with van der Waals surface area (Å²) >= 11 is 0. The second kappa shape index (κ2) is 5.20. The van der Waals surface area contributed by atoms with Gasteiger partial charge in [-0.05, 0) is 37.8 Å². The molecule has 3 N–H and O–H groups in total. The van der Waals surface area contributed by atoms with Crippen molar-refractivity contribution in [3.63, 3.8) is 0 Å². The van der Waals surface area contributed by atoms with E-state index in [0.29, 0.717) is 17.3 Å². The summed E-state index contributed by atoms with van der Waals surface area (Å²) in [6, 6.07) is 12.7. The molecule has 106 valence electrons. The second-order valence-electron chi connectivity index (χ2n) is 4.81. The monoisotopic (exact) mass is 281 g/mol. The first-order valence-electron chi connectivity index (χ1n) is 6.53. The van der Waals surface area contributed by atoms with Gasteiger partial charge in [-0.3, -0.25) is 0 Å². The molecule has 1 aliphatic rings. The highest BCUT2D eigenvalue weighted by molar-refractivity contribution is 6.00. The third-order valence-electron chi connectivity index (χ3n) is 3.06. The summed E-state index contributed by atoms with van der Waals surface area (Å²) < 4.78 is 5.38. The maximum atomic E-state index is 11.9. The van der Waals surface area contributed by atoms with Crippen LogP contribution in [0.1, 0.15) is 5.56 Å². The van der Waals surface area contributed by atoms with Crippen LogP contribution in [-0.2, 0) is 0 Å². The van der Waals surface area contributed by atoms with E-state index in [1.807, 2.05) is 37.3 Å². The quantitative estimate of drug-likeness (QED) is 0.782. The second-order valence-corrected chi connectivity index (χ2v) is 4.81. The van der Waals surface area contributed by atoms with Crippen LogP contribution in [0.4, 0.5) is 21.9 Å². The van der Waals surface area contributed by atoms with Gasteiger partial charge in [-0.1, -0.05) is 17.7 Å². The van der Waals surface area contributed by atoms with Crippen LogP contribution in [-0.4, -0.2) is 6.03 Å². The number of amides is 2. The Kier molecular flexibility index (Phi) is 3.23. The van der Waals surface area contributed by atoms with Crippen LogP contribution in [0.5, 0.6) is 5.75 Å². The number of hydrogen-bond donors (Lipinski definition) is 3. The topological polar surface area (TPSA) is 62.4 Å². The standard InChI is InChI=1S/C16H15N3O2/c1-10-3-5-12(6-4-10)18-16(20)19-13-7-8-14-15(9-13)21-11(2)17-14/h3-9,17H,2H2,1H3,(H2,18,19,20). The van der Waals surface area contributed by atoms with Crippen LogP contribution in [0.3, 0.4) is 0 Å². The third-order valence-corrected chi connectivity index (χ3v) is 3.06. The molecule has 0 unspecified atom stereocenters. The van der Waals surface area contributed by atoms with Gasteiger partial charge >= 0.3 is 6.03 Å². The Hall–Kier alpha value is -2.95. The molecule has 5 heteroatoms. The Bertz CT molecular complexity index is 708. The summed E-state index contributed by atoms with van der Waals surface area (Å²) in [6.07, 6.45) is 0. The Morgan fingerprint density at radius 1 is 1.10 bits per heavy atom. The molecule has 3 rings (SSSR count). The van der Waals surface area contributed by atoms with Gasteiger partial charge in [0, 0.05) is 17.4 Å². The lowest BCUT2D eigenvalue weighted by atomic mass is 10.2. The van der Waals surface area contributed by atoms with E-state index in [9.17, 15) is 4.79 Å². The van der Waals surface area contributed by atoms with Crippen molar-refractivity contribution in [1.82, 2.24) is 0 Å². The predicted molar refractivity (Wildman–Crippen MR) is 83.7 cm³/mol. The van der Waals surface area contributed by atoms with Crippen molar-refractivity contribution in [3.05, 3.63) is 60.5 Å². The number of hydrogen-bond acceptors (Lipinski definition) is 3. The number of rotatable bonds is 2. The van der Waals surface area contributed by atoms with Crippen molar-refractivity contribution >= 4 is 23.1 Å². The van der Waals surface area contributed by atoms with Gasteiger partial charge in [-0.25, -0.2) is 4.79 Å². The van der Waals surface area contributed by atoms with Crippen molar-refractivity contribution in [1.29, 1.82) is 0 Å². The van der Waals surface area contributed by atoms with Gasteiger partial charge in [0.05, 0.1) is 5.69 Å². The van der Waals surface area contributed by atoms with E-state index in [1.165, 1.54) is 0 Å². The number of urea groups is 1. The van der Waals surface area contributed by atoms with Crippen molar-refractivity contribution < 1.29 is 9.53 Å². The molecule has 0 fully saturated rings. The summed E-state index contributed by atoms with van der Waals surface area (Å²) in [5, 5.41) is 8.51. The van der Waals surface area contributed by atoms with Gasteiger partial charge in [0.15, 0.2) is 11.6 Å². The van der Waals surface area contributed by atoms with Gasteiger partial charge in [0.2, 0.25) is 0 Å². The van der Waals surface area contributed by atoms with Crippen LogP contribution in [0.2, 0.25) is 0 Å². The highest BCUT2D eigenvalue weighted by Gasteiger charge is 2.15. The highest BCUT2D eigenvalue weighted by atomic mass is 16.5. The molecular formula is C16H15N3O2. The number of fused-ring (bicyclic) bond motifs is 1. The minimum atomic E-state index is -0.302. The van der Waals surface area contributed by atoms with Crippen molar-refractivity contribution in [2.45, 2.75) is 6.92 Å². The van der Waals surface area contributed by atoms with Crippen molar-refractivity contribution in [2.24, 2.45) is 0 Å². The first-order chi connectivity index (χ1) is 10.1. The first-order valence-corrected chi connectivity index (χ1v) is 6.53.